The molecule has 0 bridgehead atoms. The highest BCUT2D eigenvalue weighted by Gasteiger charge is 2.20. The first-order chi connectivity index (χ1) is 8.65. The van der Waals surface area contributed by atoms with E-state index in [0.717, 1.165) is 12.2 Å². The zero-order chi connectivity index (χ0) is 13.0. The van der Waals surface area contributed by atoms with Gasteiger partial charge in [0, 0.05) is 11.7 Å². The molecule has 1 aliphatic rings. The molecule has 0 aromatic heterocycles. The number of anilines is 1. The molecule has 1 aromatic carbocycles. The van der Waals surface area contributed by atoms with Crippen LogP contribution in [0.4, 0.5) is 5.69 Å². The lowest BCUT2D eigenvalue weighted by Crippen LogP contribution is -2.42. The summed E-state index contributed by atoms with van der Waals surface area (Å²) >= 11 is 0. The van der Waals surface area contributed by atoms with Gasteiger partial charge in [-0.15, -0.1) is 0 Å². The topological polar surface area (TPSA) is 32.3 Å². The lowest BCUT2D eigenvalue weighted by molar-refractivity contribution is -0.118. The van der Waals surface area contributed by atoms with E-state index in [-0.39, 0.29) is 5.91 Å². The molecule has 18 heavy (non-hydrogen) atoms. The number of carbonyl (C=O) groups is 1. The fourth-order valence-electron chi connectivity index (χ4n) is 2.41. The number of carbonyl (C=O) groups excluding carboxylic acids is 1. The van der Waals surface area contributed by atoms with Gasteiger partial charge in [0.05, 0.1) is 6.54 Å². The van der Waals surface area contributed by atoms with Crippen molar-refractivity contribution in [2.24, 2.45) is 0 Å². The van der Waals surface area contributed by atoms with Crippen LogP contribution in [0.1, 0.15) is 31.7 Å². The number of piperidine rings is 1. The summed E-state index contributed by atoms with van der Waals surface area (Å²) in [5, 5.41) is 2.96. The number of hydrogen-bond acceptors (Lipinski definition) is 2. The molecule has 1 atom stereocenters. The van der Waals surface area contributed by atoms with Crippen molar-refractivity contribution in [3.63, 3.8) is 0 Å². The van der Waals surface area contributed by atoms with Gasteiger partial charge in [0.1, 0.15) is 0 Å². The first-order valence-corrected chi connectivity index (χ1v) is 6.76. The van der Waals surface area contributed by atoms with Gasteiger partial charge >= 0.3 is 0 Å². The molecule has 98 valence electrons. The number of amides is 1. The molecule has 3 heteroatoms. The summed E-state index contributed by atoms with van der Waals surface area (Å²) < 4.78 is 0. The monoisotopic (exact) mass is 246 g/mol. The Labute approximate surface area is 109 Å². The number of hydrogen-bond donors (Lipinski definition) is 1. The highest BCUT2D eigenvalue weighted by Crippen LogP contribution is 2.16. The molecule has 1 aliphatic heterocycles. The van der Waals surface area contributed by atoms with Crippen LogP contribution in [-0.4, -0.2) is 29.9 Å². The van der Waals surface area contributed by atoms with Gasteiger partial charge in [-0.25, -0.2) is 0 Å². The molecule has 0 aliphatic carbocycles. The van der Waals surface area contributed by atoms with Crippen LogP contribution in [0, 0.1) is 6.92 Å². The smallest absolute Gasteiger partial charge is 0.238 e. The van der Waals surface area contributed by atoms with E-state index >= 15 is 0 Å². The Balaban J connectivity index is 1.86. The zero-order valence-corrected chi connectivity index (χ0v) is 11.3. The van der Waals surface area contributed by atoms with Gasteiger partial charge in [-0.05, 0) is 45.4 Å². The molecule has 1 amide bonds. The largest absolute Gasteiger partial charge is 0.325 e. The summed E-state index contributed by atoms with van der Waals surface area (Å²) in [5.41, 5.74) is 2.09. The summed E-state index contributed by atoms with van der Waals surface area (Å²) in [4.78, 5) is 14.2. The quantitative estimate of drug-likeness (QED) is 0.889. The first kappa shape index (κ1) is 13.1. The second kappa shape index (κ2) is 6.01. The van der Waals surface area contributed by atoms with Crippen molar-refractivity contribution < 1.29 is 4.79 Å². The van der Waals surface area contributed by atoms with Crippen molar-refractivity contribution in [3.8, 4) is 0 Å². The van der Waals surface area contributed by atoms with Gasteiger partial charge < -0.3 is 5.32 Å². The fraction of sp³-hybridized carbons (Fsp3) is 0.533. The number of aryl methyl sites for hydroxylation is 1. The Morgan fingerprint density at radius 1 is 1.33 bits per heavy atom. The van der Waals surface area contributed by atoms with E-state index in [9.17, 15) is 4.79 Å². The second-order valence-electron chi connectivity index (χ2n) is 5.23. The molecule has 0 spiro atoms. The highest BCUT2D eigenvalue weighted by molar-refractivity contribution is 5.92. The number of rotatable bonds is 3. The Kier molecular flexibility index (Phi) is 4.37. The number of nitrogens with one attached hydrogen (secondary N) is 1. The van der Waals surface area contributed by atoms with E-state index in [1.54, 1.807) is 0 Å². The summed E-state index contributed by atoms with van der Waals surface area (Å²) in [6, 6.07) is 8.46. The predicted molar refractivity (Wildman–Crippen MR) is 74.7 cm³/mol. The lowest BCUT2D eigenvalue weighted by atomic mass is 10.0. The van der Waals surface area contributed by atoms with Gasteiger partial charge in [0.2, 0.25) is 5.91 Å². The van der Waals surface area contributed by atoms with Crippen molar-refractivity contribution >= 4 is 11.6 Å². The van der Waals surface area contributed by atoms with Crippen molar-refractivity contribution in [1.29, 1.82) is 0 Å². The van der Waals surface area contributed by atoms with E-state index in [1.165, 1.54) is 24.8 Å². The van der Waals surface area contributed by atoms with Gasteiger partial charge in [0.25, 0.3) is 0 Å². The summed E-state index contributed by atoms with van der Waals surface area (Å²) in [6.07, 6.45) is 3.71. The van der Waals surface area contributed by atoms with Gasteiger partial charge in [-0.1, -0.05) is 24.1 Å². The van der Waals surface area contributed by atoms with Crippen molar-refractivity contribution in [2.75, 3.05) is 18.4 Å². The van der Waals surface area contributed by atoms with Crippen LogP contribution in [0.3, 0.4) is 0 Å². The van der Waals surface area contributed by atoms with Crippen LogP contribution in [0.2, 0.25) is 0 Å². The van der Waals surface area contributed by atoms with Crippen LogP contribution in [0.5, 0.6) is 0 Å². The molecule has 1 saturated heterocycles. The first-order valence-electron chi connectivity index (χ1n) is 6.76. The van der Waals surface area contributed by atoms with E-state index in [1.807, 2.05) is 31.2 Å². The minimum atomic E-state index is 0.0904. The minimum Gasteiger partial charge on any atom is -0.325 e. The molecule has 1 fully saturated rings. The number of nitrogens with zero attached hydrogens (tertiary/aromatic N) is 1. The average molecular weight is 246 g/mol. The molecule has 0 unspecified atom stereocenters. The third-order valence-corrected chi connectivity index (χ3v) is 3.62. The Hall–Kier alpha value is -1.35. The van der Waals surface area contributed by atoms with Crippen LogP contribution < -0.4 is 5.32 Å². The highest BCUT2D eigenvalue weighted by atomic mass is 16.2. The Bertz CT molecular complexity index is 399. The molecule has 3 nitrogen and oxygen atoms in total. The minimum absolute atomic E-state index is 0.0904. The van der Waals surface area contributed by atoms with Crippen LogP contribution in [0.15, 0.2) is 24.3 Å². The van der Waals surface area contributed by atoms with E-state index in [0.29, 0.717) is 12.6 Å². The van der Waals surface area contributed by atoms with Gasteiger partial charge in [0.15, 0.2) is 0 Å². The predicted octanol–water partition coefficient (Wildman–Crippen LogP) is 2.81. The molecular weight excluding hydrogens is 224 g/mol. The molecule has 1 aromatic rings. The normalized spacial score (nSPS) is 20.7. The summed E-state index contributed by atoms with van der Waals surface area (Å²) in [5.74, 6) is 0.0904. The molecule has 0 radical (unpaired) electrons. The van der Waals surface area contributed by atoms with E-state index in [2.05, 4.69) is 17.1 Å². The van der Waals surface area contributed by atoms with Gasteiger partial charge in [-0.2, -0.15) is 0 Å². The maximum atomic E-state index is 12.0. The lowest BCUT2D eigenvalue weighted by Gasteiger charge is -2.32. The molecular formula is C15H22N2O. The fourth-order valence-corrected chi connectivity index (χ4v) is 2.41. The maximum Gasteiger partial charge on any atom is 0.238 e. The third kappa shape index (κ3) is 3.57. The SMILES string of the molecule is Cc1ccc(NC(=O)CN2CCCC[C@@H]2C)cc1. The second-order valence-corrected chi connectivity index (χ2v) is 5.23. The average Bonchev–Trinajstić information content (AvgIpc) is 2.35. The number of likely N-dealkylation sites (tertiary alicyclic amines) is 1. The summed E-state index contributed by atoms with van der Waals surface area (Å²) in [7, 11) is 0. The molecule has 2 rings (SSSR count). The molecule has 1 N–H and O–H groups in total. The number of benzene rings is 1. The summed E-state index contributed by atoms with van der Waals surface area (Å²) in [6.45, 7) is 5.80. The van der Waals surface area contributed by atoms with Crippen LogP contribution >= 0.6 is 0 Å². The van der Waals surface area contributed by atoms with E-state index < -0.39 is 0 Å². The standard InChI is InChI=1S/C15H22N2O/c1-12-6-8-14(9-7-12)16-15(18)11-17-10-4-3-5-13(17)2/h6-9,13H,3-5,10-11H2,1-2H3,(H,16,18)/t13-/m0/s1. The van der Waals surface area contributed by atoms with Crippen LogP contribution in [-0.2, 0) is 4.79 Å². The Morgan fingerprint density at radius 3 is 2.72 bits per heavy atom. The molecule has 1 heterocycles. The van der Waals surface area contributed by atoms with Crippen molar-refractivity contribution in [1.82, 2.24) is 4.90 Å². The third-order valence-electron chi connectivity index (χ3n) is 3.62. The Morgan fingerprint density at radius 2 is 2.06 bits per heavy atom. The van der Waals surface area contributed by atoms with Crippen molar-refractivity contribution in [3.05, 3.63) is 29.8 Å². The maximum absolute atomic E-state index is 12.0. The molecule has 0 saturated carbocycles. The van der Waals surface area contributed by atoms with E-state index in [4.69, 9.17) is 0 Å². The van der Waals surface area contributed by atoms with Gasteiger partial charge in [-0.3, -0.25) is 9.69 Å². The zero-order valence-electron chi connectivity index (χ0n) is 11.3. The van der Waals surface area contributed by atoms with Crippen LogP contribution in [0.25, 0.3) is 0 Å². The van der Waals surface area contributed by atoms with Crippen molar-refractivity contribution in [2.45, 2.75) is 39.2 Å².